The number of rotatable bonds is 4. The smallest absolute Gasteiger partial charge is 0.205 e. The van der Waals surface area contributed by atoms with Crippen LogP contribution in [-0.4, -0.2) is 16.5 Å². The van der Waals surface area contributed by atoms with Gasteiger partial charge in [-0.15, -0.1) is 0 Å². The maximum atomic E-state index is 11.3. The molecule has 0 amide bonds. The highest BCUT2D eigenvalue weighted by atomic mass is 16.3. The van der Waals surface area contributed by atoms with Crippen molar-refractivity contribution in [3.05, 3.63) is 0 Å². The highest BCUT2D eigenvalue weighted by Crippen LogP contribution is 2.28. The van der Waals surface area contributed by atoms with Gasteiger partial charge in [-0.25, -0.2) is 0 Å². The molecule has 1 aliphatic rings. The van der Waals surface area contributed by atoms with Gasteiger partial charge in [0.1, 0.15) is 5.60 Å². The van der Waals surface area contributed by atoms with Gasteiger partial charge in [0, 0.05) is 6.42 Å². The van der Waals surface area contributed by atoms with Gasteiger partial charge < -0.3 is 5.11 Å². The molecule has 0 atom stereocenters. The van der Waals surface area contributed by atoms with Gasteiger partial charge in [0.2, 0.25) is 5.78 Å². The van der Waals surface area contributed by atoms with E-state index in [1.54, 1.807) is 0 Å². The molecule has 0 aromatic heterocycles. The van der Waals surface area contributed by atoms with Crippen LogP contribution in [0.25, 0.3) is 0 Å². The van der Waals surface area contributed by atoms with Crippen LogP contribution in [0.2, 0.25) is 0 Å². The van der Waals surface area contributed by atoms with Crippen molar-refractivity contribution in [1.82, 2.24) is 0 Å². The fourth-order valence-electron chi connectivity index (χ4n) is 1.87. The lowest BCUT2D eigenvalue weighted by atomic mass is 10.0. The maximum Gasteiger partial charge on any atom is 0.205 e. The van der Waals surface area contributed by atoms with E-state index in [-0.39, 0.29) is 5.78 Å². The molecule has 15 heavy (non-hydrogen) atoms. The van der Waals surface area contributed by atoms with Crippen LogP contribution in [-0.2, 0) is 4.79 Å². The molecule has 0 aliphatic heterocycles. The highest BCUT2D eigenvalue weighted by Gasteiger charge is 2.28. The fraction of sp³-hybridized carbons (Fsp3) is 0.769. The number of hydrogen-bond donors (Lipinski definition) is 1. The Kier molecular flexibility index (Phi) is 4.84. The van der Waals surface area contributed by atoms with E-state index in [1.807, 2.05) is 0 Å². The minimum absolute atomic E-state index is 0.0243. The first kappa shape index (κ1) is 12.3. The van der Waals surface area contributed by atoms with E-state index in [0.29, 0.717) is 6.42 Å². The zero-order chi connectivity index (χ0) is 11.1. The van der Waals surface area contributed by atoms with Gasteiger partial charge in [-0.3, -0.25) is 4.79 Å². The minimum Gasteiger partial charge on any atom is -0.378 e. The number of unbranched alkanes of at least 4 members (excludes halogenated alkanes) is 2. The Labute approximate surface area is 92.1 Å². The standard InChI is InChI=1S/C13H20O2/c1-2-3-4-7-12(14)8-11-13(15)9-5-6-10-13/h15H,2-7,9-10H2,1H3. The summed E-state index contributed by atoms with van der Waals surface area (Å²) in [6.07, 6.45) is 7.15. The number of carbonyl (C=O) groups excluding carboxylic acids is 1. The molecule has 1 aliphatic carbocycles. The van der Waals surface area contributed by atoms with E-state index in [2.05, 4.69) is 18.8 Å². The lowest BCUT2D eigenvalue weighted by molar-refractivity contribution is -0.114. The van der Waals surface area contributed by atoms with Crippen LogP contribution in [0.3, 0.4) is 0 Å². The summed E-state index contributed by atoms with van der Waals surface area (Å²) in [7, 11) is 0. The number of ketones is 1. The Hall–Kier alpha value is -0.810. The zero-order valence-corrected chi connectivity index (χ0v) is 9.51. The largest absolute Gasteiger partial charge is 0.378 e. The van der Waals surface area contributed by atoms with E-state index in [1.165, 1.54) is 0 Å². The molecule has 0 spiro atoms. The van der Waals surface area contributed by atoms with Crippen LogP contribution in [0.4, 0.5) is 0 Å². The average molecular weight is 208 g/mol. The predicted octanol–water partition coefficient (Wildman–Crippen LogP) is 2.44. The van der Waals surface area contributed by atoms with Gasteiger partial charge in [0.15, 0.2) is 0 Å². The zero-order valence-electron chi connectivity index (χ0n) is 9.51. The number of Topliss-reactive ketones (excluding diaryl/α,β-unsaturated/α-hetero) is 1. The molecule has 0 saturated heterocycles. The van der Waals surface area contributed by atoms with E-state index in [4.69, 9.17) is 0 Å². The topological polar surface area (TPSA) is 37.3 Å². The molecule has 0 unspecified atom stereocenters. The van der Waals surface area contributed by atoms with Crippen molar-refractivity contribution in [3.8, 4) is 11.8 Å². The first-order valence-electron chi connectivity index (χ1n) is 5.95. The molecule has 1 rings (SSSR count). The second-order valence-corrected chi connectivity index (χ2v) is 4.37. The van der Waals surface area contributed by atoms with Crippen LogP contribution in [0.15, 0.2) is 0 Å². The molecule has 1 N–H and O–H groups in total. The van der Waals surface area contributed by atoms with Gasteiger partial charge in [-0.05, 0) is 38.0 Å². The maximum absolute atomic E-state index is 11.3. The van der Waals surface area contributed by atoms with Crippen molar-refractivity contribution in [1.29, 1.82) is 0 Å². The van der Waals surface area contributed by atoms with E-state index < -0.39 is 5.60 Å². The minimum atomic E-state index is -0.861. The summed E-state index contributed by atoms with van der Waals surface area (Å²) in [4.78, 5) is 11.3. The molecular formula is C13H20O2. The third-order valence-corrected chi connectivity index (χ3v) is 2.87. The van der Waals surface area contributed by atoms with Crippen molar-refractivity contribution < 1.29 is 9.90 Å². The SMILES string of the molecule is CCCCCC(=O)C#CC1(O)CCCC1. The molecular weight excluding hydrogens is 188 g/mol. The van der Waals surface area contributed by atoms with E-state index >= 15 is 0 Å². The molecule has 0 aromatic rings. The first-order chi connectivity index (χ1) is 7.16. The molecule has 0 aromatic carbocycles. The third-order valence-electron chi connectivity index (χ3n) is 2.87. The summed E-state index contributed by atoms with van der Waals surface area (Å²) in [5, 5.41) is 9.89. The second-order valence-electron chi connectivity index (χ2n) is 4.37. The quantitative estimate of drug-likeness (QED) is 0.438. The van der Waals surface area contributed by atoms with Crippen LogP contribution >= 0.6 is 0 Å². The van der Waals surface area contributed by atoms with Crippen LogP contribution < -0.4 is 0 Å². The Morgan fingerprint density at radius 2 is 2.00 bits per heavy atom. The van der Waals surface area contributed by atoms with E-state index in [0.717, 1.165) is 44.9 Å². The Morgan fingerprint density at radius 3 is 2.60 bits per heavy atom. The summed E-state index contributed by atoms with van der Waals surface area (Å²) in [6, 6.07) is 0. The second kappa shape index (κ2) is 5.92. The van der Waals surface area contributed by atoms with Gasteiger partial charge in [0.05, 0.1) is 0 Å². The molecule has 1 fully saturated rings. The van der Waals surface area contributed by atoms with Crippen molar-refractivity contribution in [2.24, 2.45) is 0 Å². The fourth-order valence-corrected chi connectivity index (χ4v) is 1.87. The Morgan fingerprint density at radius 1 is 1.33 bits per heavy atom. The van der Waals surface area contributed by atoms with Crippen molar-refractivity contribution in [3.63, 3.8) is 0 Å². The summed E-state index contributed by atoms with van der Waals surface area (Å²) >= 11 is 0. The Bertz CT molecular complexity index is 264. The van der Waals surface area contributed by atoms with Crippen LogP contribution in [0.5, 0.6) is 0 Å². The summed E-state index contributed by atoms with van der Waals surface area (Å²) in [6.45, 7) is 2.11. The summed E-state index contributed by atoms with van der Waals surface area (Å²) in [5.41, 5.74) is -0.861. The van der Waals surface area contributed by atoms with Crippen LogP contribution in [0, 0.1) is 11.8 Å². The lowest BCUT2D eigenvalue weighted by Crippen LogP contribution is -2.21. The lowest BCUT2D eigenvalue weighted by Gasteiger charge is -2.12. The van der Waals surface area contributed by atoms with E-state index in [9.17, 15) is 9.90 Å². The average Bonchev–Trinajstić information content (AvgIpc) is 2.64. The van der Waals surface area contributed by atoms with Gasteiger partial charge in [-0.2, -0.15) is 0 Å². The third kappa shape index (κ3) is 4.48. The van der Waals surface area contributed by atoms with Crippen LogP contribution in [0.1, 0.15) is 58.3 Å². The molecule has 0 bridgehead atoms. The number of hydrogen-bond acceptors (Lipinski definition) is 2. The molecule has 1 saturated carbocycles. The number of aliphatic hydroxyl groups is 1. The molecule has 2 heteroatoms. The predicted molar refractivity (Wildman–Crippen MR) is 60.3 cm³/mol. The summed E-state index contributed by atoms with van der Waals surface area (Å²) in [5.74, 6) is 5.30. The molecule has 0 radical (unpaired) electrons. The van der Waals surface area contributed by atoms with Gasteiger partial charge >= 0.3 is 0 Å². The molecule has 0 heterocycles. The normalized spacial score (nSPS) is 18.3. The first-order valence-corrected chi connectivity index (χ1v) is 5.95. The highest BCUT2D eigenvalue weighted by molar-refractivity contribution is 5.95. The summed E-state index contributed by atoms with van der Waals surface area (Å²) < 4.78 is 0. The van der Waals surface area contributed by atoms with Crippen molar-refractivity contribution in [2.45, 2.75) is 63.9 Å². The monoisotopic (exact) mass is 208 g/mol. The molecule has 84 valence electrons. The van der Waals surface area contributed by atoms with Gasteiger partial charge in [-0.1, -0.05) is 25.7 Å². The van der Waals surface area contributed by atoms with Crippen molar-refractivity contribution >= 4 is 5.78 Å². The van der Waals surface area contributed by atoms with Gasteiger partial charge in [0.25, 0.3) is 0 Å². The number of carbonyl (C=O) groups is 1. The molecule has 2 nitrogen and oxygen atoms in total. The van der Waals surface area contributed by atoms with Crippen molar-refractivity contribution in [2.75, 3.05) is 0 Å². The Balaban J connectivity index is 2.33.